The summed E-state index contributed by atoms with van der Waals surface area (Å²) < 4.78 is 0. The third-order valence-corrected chi connectivity index (χ3v) is 3.64. The minimum Gasteiger partial charge on any atom is -0.481 e. The molecule has 0 aliphatic rings. The zero-order valence-electron chi connectivity index (χ0n) is 13.7. The summed E-state index contributed by atoms with van der Waals surface area (Å²) in [6, 6.07) is 3.73. The van der Waals surface area contributed by atoms with Crippen LogP contribution in [0.3, 0.4) is 0 Å². The van der Waals surface area contributed by atoms with Crippen molar-refractivity contribution in [3.63, 3.8) is 0 Å². The summed E-state index contributed by atoms with van der Waals surface area (Å²) >= 11 is 0. The molecular formula is C16H25N3O3. The fourth-order valence-corrected chi connectivity index (χ4v) is 2.28. The number of hydrogen-bond acceptors (Lipinski definition) is 4. The molecule has 22 heavy (non-hydrogen) atoms. The monoisotopic (exact) mass is 307 g/mol. The average molecular weight is 307 g/mol. The highest BCUT2D eigenvalue weighted by Gasteiger charge is 2.22. The first kappa shape index (κ1) is 17.9. The van der Waals surface area contributed by atoms with E-state index in [2.05, 4.69) is 4.98 Å². The van der Waals surface area contributed by atoms with Gasteiger partial charge in [0.25, 0.3) is 0 Å². The van der Waals surface area contributed by atoms with Gasteiger partial charge >= 0.3 is 5.97 Å². The van der Waals surface area contributed by atoms with E-state index >= 15 is 0 Å². The van der Waals surface area contributed by atoms with Crippen molar-refractivity contribution in [3.05, 3.63) is 23.9 Å². The Kier molecular flexibility index (Phi) is 6.82. The van der Waals surface area contributed by atoms with Crippen LogP contribution in [0.1, 0.15) is 26.3 Å². The summed E-state index contributed by atoms with van der Waals surface area (Å²) in [5.74, 6) is -0.816. The molecule has 1 atom stereocenters. The maximum absolute atomic E-state index is 12.4. The van der Waals surface area contributed by atoms with Gasteiger partial charge in [-0.25, -0.2) is 4.98 Å². The third-order valence-electron chi connectivity index (χ3n) is 3.64. The molecular weight excluding hydrogens is 282 g/mol. The summed E-state index contributed by atoms with van der Waals surface area (Å²) in [5.41, 5.74) is 0.924. The van der Waals surface area contributed by atoms with Crippen molar-refractivity contribution in [2.75, 3.05) is 31.1 Å². The first-order valence-electron chi connectivity index (χ1n) is 7.57. The van der Waals surface area contributed by atoms with E-state index < -0.39 is 11.9 Å². The number of pyridine rings is 1. The van der Waals surface area contributed by atoms with Crippen LogP contribution >= 0.6 is 0 Å². The molecule has 0 bridgehead atoms. The Morgan fingerprint density at radius 2 is 1.95 bits per heavy atom. The molecule has 0 fully saturated rings. The Morgan fingerprint density at radius 3 is 2.45 bits per heavy atom. The highest BCUT2D eigenvalue weighted by Crippen LogP contribution is 2.18. The first-order chi connectivity index (χ1) is 10.4. The lowest BCUT2D eigenvalue weighted by Crippen LogP contribution is -2.43. The van der Waals surface area contributed by atoms with E-state index in [-0.39, 0.29) is 19.0 Å². The Morgan fingerprint density at radius 1 is 1.32 bits per heavy atom. The van der Waals surface area contributed by atoms with E-state index in [0.29, 0.717) is 18.9 Å². The molecule has 0 saturated carbocycles. The molecule has 1 aromatic rings. The number of aryl methyl sites for hydroxylation is 1. The molecule has 6 nitrogen and oxygen atoms in total. The summed E-state index contributed by atoms with van der Waals surface area (Å²) in [6.45, 7) is 9.06. The van der Waals surface area contributed by atoms with Crippen LogP contribution in [0.4, 0.5) is 5.82 Å². The molecule has 122 valence electrons. The van der Waals surface area contributed by atoms with Crippen molar-refractivity contribution in [3.8, 4) is 0 Å². The Hall–Kier alpha value is -2.11. The maximum atomic E-state index is 12.4. The van der Waals surface area contributed by atoms with Gasteiger partial charge < -0.3 is 14.9 Å². The Balaban J connectivity index is 2.99. The summed E-state index contributed by atoms with van der Waals surface area (Å²) in [6.07, 6.45) is 1.66. The van der Waals surface area contributed by atoms with Gasteiger partial charge in [-0.1, -0.05) is 13.0 Å². The van der Waals surface area contributed by atoms with Crippen molar-refractivity contribution < 1.29 is 14.7 Å². The molecule has 1 aromatic heterocycles. The number of carboxylic acids is 1. The van der Waals surface area contributed by atoms with E-state index in [0.717, 1.165) is 5.56 Å². The lowest BCUT2D eigenvalue weighted by atomic mass is 10.1. The van der Waals surface area contributed by atoms with Gasteiger partial charge in [0.1, 0.15) is 5.82 Å². The number of carboxylic acid groups (broad SMARTS) is 1. The summed E-state index contributed by atoms with van der Waals surface area (Å²) in [4.78, 5) is 31.3. The zero-order valence-corrected chi connectivity index (χ0v) is 13.7. The predicted molar refractivity (Wildman–Crippen MR) is 85.9 cm³/mol. The minimum absolute atomic E-state index is 0.0207. The van der Waals surface area contributed by atoms with Crippen molar-refractivity contribution in [2.45, 2.75) is 27.7 Å². The van der Waals surface area contributed by atoms with E-state index in [9.17, 15) is 9.59 Å². The number of carbonyl (C=O) groups is 2. The number of aliphatic carboxylic acids is 1. The number of rotatable bonds is 8. The van der Waals surface area contributed by atoms with Gasteiger partial charge in [0.2, 0.25) is 5.91 Å². The molecule has 1 rings (SSSR count). The maximum Gasteiger partial charge on any atom is 0.308 e. The molecule has 0 aliphatic carbocycles. The zero-order chi connectivity index (χ0) is 16.7. The van der Waals surface area contributed by atoms with Crippen molar-refractivity contribution in [1.82, 2.24) is 9.88 Å². The predicted octanol–water partition coefficient (Wildman–Crippen LogP) is 1.79. The lowest BCUT2D eigenvalue weighted by molar-refractivity contribution is -0.141. The molecule has 1 heterocycles. The van der Waals surface area contributed by atoms with E-state index in [1.807, 2.05) is 32.9 Å². The summed E-state index contributed by atoms with van der Waals surface area (Å²) in [7, 11) is 0. The van der Waals surface area contributed by atoms with Crippen LogP contribution in [-0.4, -0.2) is 53.0 Å². The number of likely N-dealkylation sites (N-methyl/N-ethyl adjacent to an activating group) is 1. The van der Waals surface area contributed by atoms with Crippen LogP contribution in [0.15, 0.2) is 18.3 Å². The van der Waals surface area contributed by atoms with Crippen molar-refractivity contribution >= 4 is 17.7 Å². The second-order valence-electron chi connectivity index (χ2n) is 5.33. The SMILES string of the molecule is CCN(CC)C(=O)CN(CC(C)C(=O)O)c1ncccc1C. The fraction of sp³-hybridized carbons (Fsp3) is 0.562. The van der Waals surface area contributed by atoms with Crippen LogP contribution in [0.2, 0.25) is 0 Å². The van der Waals surface area contributed by atoms with Crippen LogP contribution in [0, 0.1) is 12.8 Å². The van der Waals surface area contributed by atoms with Crippen LogP contribution in [0.25, 0.3) is 0 Å². The lowest BCUT2D eigenvalue weighted by Gasteiger charge is -2.29. The molecule has 0 aromatic carbocycles. The third kappa shape index (κ3) is 4.72. The number of anilines is 1. The highest BCUT2D eigenvalue weighted by atomic mass is 16.4. The van der Waals surface area contributed by atoms with Gasteiger partial charge in [0, 0.05) is 25.8 Å². The van der Waals surface area contributed by atoms with Crippen LogP contribution in [0.5, 0.6) is 0 Å². The van der Waals surface area contributed by atoms with Gasteiger partial charge in [-0.15, -0.1) is 0 Å². The van der Waals surface area contributed by atoms with E-state index in [1.54, 1.807) is 22.9 Å². The van der Waals surface area contributed by atoms with Crippen LogP contribution in [-0.2, 0) is 9.59 Å². The summed E-state index contributed by atoms with van der Waals surface area (Å²) in [5, 5.41) is 9.14. The normalized spacial score (nSPS) is 11.8. The Bertz CT molecular complexity index is 515. The molecule has 1 amide bonds. The first-order valence-corrected chi connectivity index (χ1v) is 7.57. The van der Waals surface area contributed by atoms with Gasteiger partial charge in [-0.05, 0) is 32.4 Å². The van der Waals surface area contributed by atoms with Gasteiger partial charge in [-0.3, -0.25) is 9.59 Å². The molecule has 6 heteroatoms. The minimum atomic E-state index is -0.881. The van der Waals surface area contributed by atoms with Crippen molar-refractivity contribution in [2.24, 2.45) is 5.92 Å². The molecule has 0 radical (unpaired) electrons. The number of amides is 1. The number of aromatic nitrogens is 1. The van der Waals surface area contributed by atoms with Crippen LogP contribution < -0.4 is 4.90 Å². The van der Waals surface area contributed by atoms with E-state index in [4.69, 9.17) is 5.11 Å². The van der Waals surface area contributed by atoms with E-state index in [1.165, 1.54) is 0 Å². The molecule has 0 saturated heterocycles. The van der Waals surface area contributed by atoms with Gasteiger partial charge in [0.15, 0.2) is 0 Å². The largest absolute Gasteiger partial charge is 0.481 e. The number of hydrogen-bond donors (Lipinski definition) is 1. The highest BCUT2D eigenvalue weighted by molar-refractivity contribution is 5.81. The van der Waals surface area contributed by atoms with Gasteiger partial charge in [-0.2, -0.15) is 0 Å². The molecule has 0 spiro atoms. The number of nitrogens with zero attached hydrogens (tertiary/aromatic N) is 3. The smallest absolute Gasteiger partial charge is 0.308 e. The Labute approximate surface area is 131 Å². The quantitative estimate of drug-likeness (QED) is 0.792. The molecule has 0 aliphatic heterocycles. The fourth-order valence-electron chi connectivity index (χ4n) is 2.28. The second-order valence-corrected chi connectivity index (χ2v) is 5.33. The molecule has 1 unspecified atom stereocenters. The van der Waals surface area contributed by atoms with Gasteiger partial charge in [0.05, 0.1) is 12.5 Å². The standard InChI is InChI=1S/C16H25N3O3/c1-5-18(6-2)14(20)11-19(10-13(4)16(21)22)15-12(3)8-7-9-17-15/h7-9,13H,5-6,10-11H2,1-4H3,(H,21,22). The average Bonchev–Trinajstić information content (AvgIpc) is 2.48. The topological polar surface area (TPSA) is 73.7 Å². The molecule has 1 N–H and O–H groups in total. The van der Waals surface area contributed by atoms with Crippen molar-refractivity contribution in [1.29, 1.82) is 0 Å². The number of carbonyl (C=O) groups excluding carboxylic acids is 1. The second kappa shape index (κ2) is 8.36.